The Labute approximate surface area is 222 Å². The van der Waals surface area contributed by atoms with Crippen molar-refractivity contribution in [3.63, 3.8) is 0 Å². The van der Waals surface area contributed by atoms with Crippen molar-refractivity contribution in [3.8, 4) is 0 Å². The smallest absolute Gasteiger partial charge is 0.306 e. The third-order valence-corrected chi connectivity index (χ3v) is 5.61. The Kier molecular flexibility index (Phi) is 27.8. The molecule has 206 valence electrons. The first-order valence-electron chi connectivity index (χ1n) is 14.4. The Balaban J connectivity index is 3.60. The topological polar surface area (TPSA) is 55.8 Å². The summed E-state index contributed by atoms with van der Waals surface area (Å²) >= 11 is 0. The Morgan fingerprint density at radius 2 is 1.25 bits per heavy atom. The van der Waals surface area contributed by atoms with Gasteiger partial charge in [0.15, 0.2) is 0 Å². The highest BCUT2D eigenvalue weighted by atomic mass is 16.6. The van der Waals surface area contributed by atoms with Crippen LogP contribution in [0.15, 0.2) is 60.8 Å². The van der Waals surface area contributed by atoms with Crippen molar-refractivity contribution in [3.05, 3.63) is 60.8 Å². The van der Waals surface area contributed by atoms with E-state index in [0.29, 0.717) is 13.0 Å². The van der Waals surface area contributed by atoms with E-state index in [4.69, 9.17) is 9.47 Å². The average Bonchev–Trinajstić information content (AvgIpc) is 2.88. The van der Waals surface area contributed by atoms with Crippen LogP contribution in [0.2, 0.25) is 0 Å². The molecule has 0 aliphatic carbocycles. The molecule has 0 bridgehead atoms. The van der Waals surface area contributed by atoms with Gasteiger partial charge in [-0.05, 0) is 57.8 Å². The quantitative estimate of drug-likeness (QED) is 0.0771. The molecule has 0 fully saturated rings. The molecule has 0 aromatic heterocycles. The van der Waals surface area contributed by atoms with E-state index in [1.165, 1.54) is 25.7 Å². The molecule has 0 aromatic carbocycles. The summed E-state index contributed by atoms with van der Waals surface area (Å²) in [6.07, 6.45) is 36.9. The number of unbranched alkanes of at least 4 members (excludes halogenated alkanes) is 7. The van der Waals surface area contributed by atoms with Gasteiger partial charge < -0.3 is 14.6 Å². The van der Waals surface area contributed by atoms with E-state index in [9.17, 15) is 9.90 Å². The van der Waals surface area contributed by atoms with Crippen LogP contribution in [0.5, 0.6) is 0 Å². The zero-order chi connectivity index (χ0) is 26.4. The van der Waals surface area contributed by atoms with Gasteiger partial charge in [0.2, 0.25) is 0 Å². The molecule has 0 saturated carbocycles. The minimum Gasteiger partial charge on any atom is -0.457 e. The van der Waals surface area contributed by atoms with Crippen LogP contribution in [0.3, 0.4) is 0 Å². The molecule has 4 nitrogen and oxygen atoms in total. The number of aliphatic hydroxyl groups excluding tert-OH is 1. The second kappa shape index (κ2) is 29.3. The number of rotatable bonds is 25. The van der Waals surface area contributed by atoms with Crippen LogP contribution < -0.4 is 0 Å². The van der Waals surface area contributed by atoms with Crippen molar-refractivity contribution in [1.29, 1.82) is 0 Å². The van der Waals surface area contributed by atoms with Gasteiger partial charge in [-0.25, -0.2) is 0 Å². The van der Waals surface area contributed by atoms with Crippen molar-refractivity contribution >= 4 is 5.97 Å². The van der Waals surface area contributed by atoms with Crippen LogP contribution in [0.25, 0.3) is 0 Å². The van der Waals surface area contributed by atoms with Crippen molar-refractivity contribution in [1.82, 2.24) is 0 Å². The Bertz CT molecular complexity index is 616. The van der Waals surface area contributed by atoms with E-state index in [1.807, 2.05) is 0 Å². The van der Waals surface area contributed by atoms with Crippen LogP contribution in [0.4, 0.5) is 0 Å². The summed E-state index contributed by atoms with van der Waals surface area (Å²) < 4.78 is 10.9. The molecule has 0 rings (SSSR count). The molecular weight excluding hydrogens is 448 g/mol. The van der Waals surface area contributed by atoms with Crippen LogP contribution in [-0.4, -0.2) is 37.0 Å². The molecule has 0 aromatic rings. The molecule has 0 aliphatic rings. The zero-order valence-electron chi connectivity index (χ0n) is 23.3. The summed E-state index contributed by atoms with van der Waals surface area (Å²) in [5, 5.41) is 9.42. The normalized spacial score (nSPS) is 13.3. The number of allylic oxidation sites excluding steroid dienone is 10. The molecule has 0 spiro atoms. The van der Waals surface area contributed by atoms with E-state index >= 15 is 0 Å². The highest BCUT2D eigenvalue weighted by molar-refractivity contribution is 5.69. The summed E-state index contributed by atoms with van der Waals surface area (Å²) in [5.74, 6) is -0.230. The number of hydrogen-bond acceptors (Lipinski definition) is 4. The molecule has 1 N–H and O–H groups in total. The van der Waals surface area contributed by atoms with Gasteiger partial charge >= 0.3 is 5.97 Å². The first-order chi connectivity index (χ1) is 17.7. The zero-order valence-corrected chi connectivity index (χ0v) is 23.3. The molecule has 0 aliphatic heterocycles. The van der Waals surface area contributed by atoms with Gasteiger partial charge in [0, 0.05) is 13.0 Å². The Morgan fingerprint density at radius 1 is 0.694 bits per heavy atom. The Morgan fingerprint density at radius 3 is 1.83 bits per heavy atom. The fourth-order valence-electron chi connectivity index (χ4n) is 3.47. The maximum Gasteiger partial charge on any atom is 0.306 e. The second-order valence-electron chi connectivity index (χ2n) is 9.09. The first kappa shape index (κ1) is 34.1. The minimum atomic E-state index is -0.552. The summed E-state index contributed by atoms with van der Waals surface area (Å²) in [6.45, 7) is 5.04. The lowest BCUT2D eigenvalue weighted by Crippen LogP contribution is -2.27. The van der Waals surface area contributed by atoms with Crippen LogP contribution in [-0.2, 0) is 14.3 Å². The van der Waals surface area contributed by atoms with Gasteiger partial charge in [-0.3, -0.25) is 4.79 Å². The van der Waals surface area contributed by atoms with E-state index in [2.05, 4.69) is 74.6 Å². The highest BCUT2D eigenvalue weighted by Crippen LogP contribution is 2.08. The fourth-order valence-corrected chi connectivity index (χ4v) is 3.47. The van der Waals surface area contributed by atoms with Crippen LogP contribution in [0.1, 0.15) is 110 Å². The summed E-state index contributed by atoms with van der Waals surface area (Å²) in [6, 6.07) is 0. The molecule has 0 amide bonds. The lowest BCUT2D eigenvalue weighted by Gasteiger charge is -2.15. The molecule has 1 atom stereocenters. The number of esters is 1. The predicted molar refractivity (Wildman–Crippen MR) is 154 cm³/mol. The van der Waals surface area contributed by atoms with Crippen molar-refractivity contribution < 1.29 is 19.4 Å². The maximum atomic E-state index is 11.9. The van der Waals surface area contributed by atoms with Gasteiger partial charge in [0.05, 0.1) is 13.2 Å². The van der Waals surface area contributed by atoms with Gasteiger partial charge in [-0.2, -0.15) is 0 Å². The lowest BCUT2D eigenvalue weighted by atomic mass is 10.1. The monoisotopic (exact) mass is 502 g/mol. The average molecular weight is 503 g/mol. The first-order valence-corrected chi connectivity index (χ1v) is 14.4. The van der Waals surface area contributed by atoms with Crippen molar-refractivity contribution in [2.45, 2.75) is 116 Å². The fraction of sp³-hybridized carbons (Fsp3) is 0.656. The molecule has 0 heterocycles. The predicted octanol–water partition coefficient (Wildman–Crippen LogP) is 8.58. The van der Waals surface area contributed by atoms with Crippen molar-refractivity contribution in [2.24, 2.45) is 0 Å². The maximum absolute atomic E-state index is 11.9. The van der Waals surface area contributed by atoms with E-state index in [0.717, 1.165) is 64.2 Å². The SMILES string of the molecule is CC/C=C\C/C=C\C/C=C\C/C=C\C/C=C\CCCCOCC(CO)OC(=O)CCCCCCCC. The summed E-state index contributed by atoms with van der Waals surface area (Å²) in [5.41, 5.74) is 0. The largest absolute Gasteiger partial charge is 0.457 e. The number of aliphatic hydroxyl groups is 1. The molecule has 36 heavy (non-hydrogen) atoms. The van der Waals surface area contributed by atoms with Crippen molar-refractivity contribution in [2.75, 3.05) is 19.8 Å². The lowest BCUT2D eigenvalue weighted by molar-refractivity contribution is -0.154. The van der Waals surface area contributed by atoms with Gasteiger partial charge in [0.25, 0.3) is 0 Å². The molecular formula is C32H54O4. The number of carbonyl (C=O) groups is 1. The standard InChI is InChI=1S/C32H54O4/c1-3-5-7-9-11-12-13-14-15-16-17-18-19-20-21-22-24-26-28-35-30-31(29-33)36-32(34)27-25-23-10-8-6-4-2/h5,7,11-12,14-15,17-18,20-21,31,33H,3-4,6,8-10,13,16,19,22-30H2,1-2H3/b7-5-,12-11-,15-14-,18-17-,21-20-. The minimum absolute atomic E-state index is 0.192. The Hall–Kier alpha value is -1.91. The number of carbonyl (C=O) groups excluding carboxylic acids is 1. The number of hydrogen-bond donors (Lipinski definition) is 1. The highest BCUT2D eigenvalue weighted by Gasteiger charge is 2.13. The molecule has 0 saturated heterocycles. The number of ether oxygens (including phenoxy) is 2. The summed E-state index contributed by atoms with van der Waals surface area (Å²) in [4.78, 5) is 11.9. The third kappa shape index (κ3) is 26.7. The molecule has 0 radical (unpaired) electrons. The van der Waals surface area contributed by atoms with Crippen LogP contribution in [0, 0.1) is 0 Å². The third-order valence-electron chi connectivity index (χ3n) is 5.61. The van der Waals surface area contributed by atoms with Gasteiger partial charge in [-0.15, -0.1) is 0 Å². The second-order valence-corrected chi connectivity index (χ2v) is 9.09. The molecule has 1 unspecified atom stereocenters. The molecule has 4 heteroatoms. The van der Waals surface area contributed by atoms with E-state index in [1.54, 1.807) is 0 Å². The van der Waals surface area contributed by atoms with Gasteiger partial charge in [-0.1, -0.05) is 107 Å². The van der Waals surface area contributed by atoms with E-state index < -0.39 is 6.10 Å². The van der Waals surface area contributed by atoms with E-state index in [-0.39, 0.29) is 19.2 Å². The summed E-state index contributed by atoms with van der Waals surface area (Å²) in [7, 11) is 0. The van der Waals surface area contributed by atoms with Gasteiger partial charge in [0.1, 0.15) is 6.10 Å². The van der Waals surface area contributed by atoms with Crippen LogP contribution >= 0.6 is 0 Å².